The molecule has 0 radical (unpaired) electrons. The van der Waals surface area contributed by atoms with Crippen LogP contribution >= 0.6 is 0 Å². The minimum atomic E-state index is -0.888. The molecule has 1 heterocycles. The van der Waals surface area contributed by atoms with E-state index in [9.17, 15) is 9.59 Å². The number of nitrogens with zero attached hydrogens (tertiary/aromatic N) is 1. The minimum Gasteiger partial charge on any atom is -0.481 e. The highest BCUT2D eigenvalue weighted by molar-refractivity contribution is 5.67. The van der Waals surface area contributed by atoms with Crippen LogP contribution in [0.2, 0.25) is 0 Å². The van der Waals surface area contributed by atoms with Gasteiger partial charge in [-0.1, -0.05) is 20.8 Å². The number of nitrogens with one attached hydrogen (secondary N) is 1. The van der Waals surface area contributed by atoms with E-state index < -0.39 is 5.97 Å². The molecule has 0 aliphatic carbocycles. The van der Waals surface area contributed by atoms with Gasteiger partial charge in [-0.15, -0.1) is 0 Å². The average molecular weight is 224 g/mol. The summed E-state index contributed by atoms with van der Waals surface area (Å²) < 4.78 is 0. The maximum absolute atomic E-state index is 11.4. The summed E-state index contributed by atoms with van der Waals surface area (Å²) in [5, 5.41) is 8.68. The molecule has 0 aliphatic rings. The number of carboxylic acids is 1. The summed E-state index contributed by atoms with van der Waals surface area (Å²) >= 11 is 0. The highest BCUT2D eigenvalue weighted by Gasteiger charge is 2.14. The molecule has 0 aromatic carbocycles. The number of H-pyrrole nitrogens is 1. The van der Waals surface area contributed by atoms with Gasteiger partial charge in [-0.2, -0.15) is 0 Å². The molecule has 1 rings (SSSR count). The maximum Gasteiger partial charge on any atom is 0.304 e. The Morgan fingerprint density at radius 3 is 2.62 bits per heavy atom. The molecule has 1 atom stereocenters. The fourth-order valence-electron chi connectivity index (χ4n) is 1.39. The molecular weight excluding hydrogens is 208 g/mol. The number of aromatic amines is 1. The monoisotopic (exact) mass is 224 g/mol. The molecule has 0 aliphatic heterocycles. The first kappa shape index (κ1) is 12.4. The van der Waals surface area contributed by atoms with Gasteiger partial charge >= 0.3 is 5.97 Å². The molecule has 0 spiro atoms. The molecule has 88 valence electrons. The van der Waals surface area contributed by atoms with Gasteiger partial charge < -0.3 is 10.1 Å². The van der Waals surface area contributed by atoms with Crippen molar-refractivity contribution in [3.63, 3.8) is 0 Å². The van der Waals surface area contributed by atoms with Gasteiger partial charge in [0.25, 0.3) is 5.56 Å². The Morgan fingerprint density at radius 2 is 2.12 bits per heavy atom. The van der Waals surface area contributed by atoms with Crippen LogP contribution < -0.4 is 5.56 Å². The fourth-order valence-corrected chi connectivity index (χ4v) is 1.39. The van der Waals surface area contributed by atoms with Crippen LogP contribution in [0.5, 0.6) is 0 Å². The summed E-state index contributed by atoms with van der Waals surface area (Å²) in [6.45, 7) is 5.59. The molecular formula is C11H16N2O3. The first-order valence-corrected chi connectivity index (χ1v) is 5.23. The van der Waals surface area contributed by atoms with E-state index in [1.165, 1.54) is 6.07 Å². The van der Waals surface area contributed by atoms with E-state index in [-0.39, 0.29) is 23.8 Å². The summed E-state index contributed by atoms with van der Waals surface area (Å²) in [4.78, 5) is 28.8. The number of hydrogen-bond acceptors (Lipinski definition) is 3. The van der Waals surface area contributed by atoms with E-state index in [0.717, 1.165) is 0 Å². The van der Waals surface area contributed by atoms with Crippen molar-refractivity contribution in [1.82, 2.24) is 9.97 Å². The van der Waals surface area contributed by atoms with Crippen LogP contribution in [-0.2, 0) is 4.79 Å². The summed E-state index contributed by atoms with van der Waals surface area (Å²) in [6.07, 6.45) is -0.0199. The molecule has 1 unspecified atom stereocenters. The lowest BCUT2D eigenvalue weighted by molar-refractivity contribution is -0.137. The number of aromatic nitrogens is 2. The third kappa shape index (κ3) is 3.18. The van der Waals surface area contributed by atoms with Gasteiger partial charge in [0.1, 0.15) is 5.82 Å². The Balaban J connectivity index is 3.04. The topological polar surface area (TPSA) is 83.0 Å². The second-order valence-corrected chi connectivity index (χ2v) is 4.21. The van der Waals surface area contributed by atoms with E-state index in [1.54, 1.807) is 6.92 Å². The summed E-state index contributed by atoms with van der Waals surface area (Å²) in [6, 6.07) is 1.36. The van der Waals surface area contributed by atoms with Crippen molar-refractivity contribution in [3.8, 4) is 0 Å². The van der Waals surface area contributed by atoms with E-state index in [2.05, 4.69) is 9.97 Å². The Labute approximate surface area is 93.5 Å². The highest BCUT2D eigenvalue weighted by atomic mass is 16.4. The van der Waals surface area contributed by atoms with E-state index >= 15 is 0 Å². The number of carbonyl (C=O) groups is 1. The van der Waals surface area contributed by atoms with E-state index in [4.69, 9.17) is 5.11 Å². The van der Waals surface area contributed by atoms with E-state index in [0.29, 0.717) is 11.5 Å². The Hall–Kier alpha value is -1.65. The highest BCUT2D eigenvalue weighted by Crippen LogP contribution is 2.17. The van der Waals surface area contributed by atoms with Crippen LogP contribution in [0.3, 0.4) is 0 Å². The molecule has 2 N–H and O–H groups in total. The van der Waals surface area contributed by atoms with Gasteiger partial charge in [-0.3, -0.25) is 9.59 Å². The summed E-state index contributed by atoms with van der Waals surface area (Å²) in [5.74, 6) is -0.428. The van der Waals surface area contributed by atoms with Gasteiger partial charge in [-0.25, -0.2) is 4.98 Å². The van der Waals surface area contributed by atoms with Gasteiger partial charge in [-0.05, 0) is 0 Å². The predicted molar refractivity (Wildman–Crippen MR) is 59.6 cm³/mol. The third-order valence-corrected chi connectivity index (χ3v) is 2.31. The SMILES string of the molecule is CC(C)c1nc(C(C)CC(=O)O)cc(=O)[nH]1. The number of aliphatic carboxylic acids is 1. The van der Waals surface area contributed by atoms with Crippen LogP contribution in [0.15, 0.2) is 10.9 Å². The van der Waals surface area contributed by atoms with Gasteiger partial charge in [0.15, 0.2) is 0 Å². The average Bonchev–Trinajstić information content (AvgIpc) is 2.15. The molecule has 0 saturated carbocycles. The standard InChI is InChI=1S/C11H16N2O3/c1-6(2)11-12-8(5-9(14)13-11)7(3)4-10(15)16/h5-7H,4H2,1-3H3,(H,15,16)(H,12,13,14). The second-order valence-electron chi connectivity index (χ2n) is 4.21. The van der Waals surface area contributed by atoms with Crippen molar-refractivity contribution in [2.24, 2.45) is 0 Å². The molecule has 1 aromatic heterocycles. The van der Waals surface area contributed by atoms with Gasteiger partial charge in [0.05, 0.1) is 12.1 Å². The first-order chi connectivity index (χ1) is 7.40. The largest absolute Gasteiger partial charge is 0.481 e. The molecule has 1 aromatic rings. The molecule has 5 heteroatoms. The van der Waals surface area contributed by atoms with Crippen LogP contribution in [-0.4, -0.2) is 21.0 Å². The Morgan fingerprint density at radius 1 is 1.50 bits per heavy atom. The normalized spacial score (nSPS) is 12.8. The molecule has 0 amide bonds. The molecule has 0 fully saturated rings. The lowest BCUT2D eigenvalue weighted by Gasteiger charge is -2.10. The van der Waals surface area contributed by atoms with Crippen molar-refractivity contribution >= 4 is 5.97 Å². The number of hydrogen-bond donors (Lipinski definition) is 2. The maximum atomic E-state index is 11.4. The Kier molecular flexibility index (Phi) is 3.82. The second kappa shape index (κ2) is 4.92. The minimum absolute atomic E-state index is 0.0199. The van der Waals surface area contributed by atoms with E-state index in [1.807, 2.05) is 13.8 Å². The third-order valence-electron chi connectivity index (χ3n) is 2.31. The molecule has 0 bridgehead atoms. The lowest BCUT2D eigenvalue weighted by atomic mass is 10.0. The zero-order chi connectivity index (χ0) is 12.3. The van der Waals surface area contributed by atoms with Crippen molar-refractivity contribution in [1.29, 1.82) is 0 Å². The van der Waals surface area contributed by atoms with Crippen molar-refractivity contribution in [2.45, 2.75) is 39.0 Å². The smallest absolute Gasteiger partial charge is 0.304 e. The molecule has 5 nitrogen and oxygen atoms in total. The summed E-state index contributed by atoms with van der Waals surface area (Å²) in [7, 11) is 0. The van der Waals surface area contributed by atoms with Gasteiger partial charge in [0, 0.05) is 17.9 Å². The molecule has 0 saturated heterocycles. The quantitative estimate of drug-likeness (QED) is 0.811. The van der Waals surface area contributed by atoms with Crippen molar-refractivity contribution in [3.05, 3.63) is 27.9 Å². The zero-order valence-electron chi connectivity index (χ0n) is 9.65. The van der Waals surface area contributed by atoms with Crippen LogP contribution in [0, 0.1) is 0 Å². The first-order valence-electron chi connectivity index (χ1n) is 5.23. The number of carboxylic acid groups (broad SMARTS) is 1. The van der Waals surface area contributed by atoms with Crippen molar-refractivity contribution < 1.29 is 9.90 Å². The Bertz CT molecular complexity index is 437. The van der Waals surface area contributed by atoms with Crippen LogP contribution in [0.25, 0.3) is 0 Å². The number of rotatable bonds is 4. The lowest BCUT2D eigenvalue weighted by Crippen LogP contribution is -2.16. The zero-order valence-corrected chi connectivity index (χ0v) is 9.65. The molecule has 16 heavy (non-hydrogen) atoms. The van der Waals surface area contributed by atoms with Crippen LogP contribution in [0.1, 0.15) is 50.5 Å². The predicted octanol–water partition coefficient (Wildman–Crippen LogP) is 1.47. The summed E-state index contributed by atoms with van der Waals surface area (Å²) in [5.41, 5.74) is 0.306. The van der Waals surface area contributed by atoms with Crippen molar-refractivity contribution in [2.75, 3.05) is 0 Å². The van der Waals surface area contributed by atoms with Crippen LogP contribution in [0.4, 0.5) is 0 Å². The van der Waals surface area contributed by atoms with Gasteiger partial charge in [0.2, 0.25) is 0 Å². The fraction of sp³-hybridized carbons (Fsp3) is 0.545.